The van der Waals surface area contributed by atoms with Gasteiger partial charge in [-0.05, 0) is 5.56 Å². The fourth-order valence-electron chi connectivity index (χ4n) is 2.50. The molecule has 1 atom stereocenters. The molecule has 8 nitrogen and oxygen atoms in total. The summed E-state index contributed by atoms with van der Waals surface area (Å²) in [6.45, 7) is 1.60. The van der Waals surface area contributed by atoms with Crippen LogP contribution in [0.25, 0.3) is 0 Å². The van der Waals surface area contributed by atoms with Crippen LogP contribution in [0, 0.1) is 0 Å². The van der Waals surface area contributed by atoms with Crippen molar-refractivity contribution in [2.75, 3.05) is 33.4 Å². The first-order valence-corrected chi connectivity index (χ1v) is 8.01. The molecule has 2 rings (SSSR count). The molecular formula is C17H22N2O6. The Balaban J connectivity index is 2.00. The zero-order chi connectivity index (χ0) is 18.2. The average Bonchev–Trinajstić information content (AvgIpc) is 2.64. The van der Waals surface area contributed by atoms with Crippen molar-refractivity contribution < 1.29 is 29.0 Å². The molecule has 136 valence electrons. The fraction of sp³-hybridized carbons (Fsp3) is 0.471. The standard InChI is InChI=1S/C17H22N2O6/c1-18(17(23)25-12-13-5-3-2-4-6-13)14(11-15(20)21)16(22)19-7-9-24-10-8-19/h2-6,14H,7-12H2,1H3,(H,20,21). The van der Waals surface area contributed by atoms with Crippen LogP contribution in [0.15, 0.2) is 30.3 Å². The second kappa shape index (κ2) is 9.03. The summed E-state index contributed by atoms with van der Waals surface area (Å²) in [4.78, 5) is 38.5. The highest BCUT2D eigenvalue weighted by Gasteiger charge is 2.34. The van der Waals surface area contributed by atoms with Crippen LogP contribution in [0.3, 0.4) is 0 Å². The number of carboxylic acids is 1. The number of hydrogen-bond acceptors (Lipinski definition) is 5. The summed E-state index contributed by atoms with van der Waals surface area (Å²) in [6, 6.07) is 7.99. The Bertz CT molecular complexity index is 600. The van der Waals surface area contributed by atoms with E-state index >= 15 is 0 Å². The first-order chi connectivity index (χ1) is 12.0. The number of aliphatic carboxylic acids is 1. The monoisotopic (exact) mass is 350 g/mol. The number of nitrogens with zero attached hydrogens (tertiary/aromatic N) is 2. The first kappa shape index (κ1) is 18.7. The van der Waals surface area contributed by atoms with E-state index in [-0.39, 0.29) is 6.61 Å². The molecule has 1 heterocycles. The molecule has 1 aliphatic heterocycles. The lowest BCUT2D eigenvalue weighted by Crippen LogP contribution is -2.53. The number of ether oxygens (including phenoxy) is 2. The van der Waals surface area contributed by atoms with Gasteiger partial charge < -0.3 is 19.5 Å². The highest BCUT2D eigenvalue weighted by molar-refractivity contribution is 5.89. The molecule has 1 saturated heterocycles. The Labute approximate surface area is 145 Å². The van der Waals surface area contributed by atoms with Crippen molar-refractivity contribution in [3.05, 3.63) is 35.9 Å². The molecule has 1 aromatic rings. The van der Waals surface area contributed by atoms with E-state index in [1.165, 1.54) is 11.9 Å². The Kier molecular flexibility index (Phi) is 6.76. The van der Waals surface area contributed by atoms with Crippen LogP contribution >= 0.6 is 0 Å². The summed E-state index contributed by atoms with van der Waals surface area (Å²) < 4.78 is 10.4. The van der Waals surface area contributed by atoms with Gasteiger partial charge in [0.1, 0.15) is 12.6 Å². The van der Waals surface area contributed by atoms with Crippen LogP contribution in [-0.4, -0.2) is 72.3 Å². The van der Waals surface area contributed by atoms with Crippen molar-refractivity contribution >= 4 is 18.0 Å². The van der Waals surface area contributed by atoms with Crippen LogP contribution < -0.4 is 0 Å². The van der Waals surface area contributed by atoms with Gasteiger partial charge in [0.25, 0.3) is 0 Å². The van der Waals surface area contributed by atoms with E-state index in [2.05, 4.69) is 0 Å². The van der Waals surface area contributed by atoms with Crippen LogP contribution in [-0.2, 0) is 25.7 Å². The Hall–Kier alpha value is -2.61. The normalized spacial score (nSPS) is 15.3. The van der Waals surface area contributed by atoms with Crippen molar-refractivity contribution in [1.29, 1.82) is 0 Å². The summed E-state index contributed by atoms with van der Waals surface area (Å²) in [5, 5.41) is 9.10. The summed E-state index contributed by atoms with van der Waals surface area (Å²) in [7, 11) is 1.37. The van der Waals surface area contributed by atoms with Gasteiger partial charge in [0.15, 0.2) is 0 Å². The molecule has 0 saturated carbocycles. The molecule has 0 spiro atoms. The van der Waals surface area contributed by atoms with Gasteiger partial charge in [0, 0.05) is 20.1 Å². The number of carbonyl (C=O) groups is 3. The van der Waals surface area contributed by atoms with Gasteiger partial charge in [0.2, 0.25) is 5.91 Å². The van der Waals surface area contributed by atoms with Crippen LogP contribution in [0.5, 0.6) is 0 Å². The third-order valence-electron chi connectivity index (χ3n) is 3.94. The lowest BCUT2D eigenvalue weighted by atomic mass is 10.1. The van der Waals surface area contributed by atoms with Crippen molar-refractivity contribution in [1.82, 2.24) is 9.80 Å². The second-order valence-electron chi connectivity index (χ2n) is 5.70. The number of amides is 2. The number of carbonyl (C=O) groups excluding carboxylic acids is 2. The Morgan fingerprint density at radius 1 is 1.24 bits per heavy atom. The maximum absolute atomic E-state index is 12.6. The van der Waals surface area contributed by atoms with E-state index in [1.54, 1.807) is 12.1 Å². The smallest absolute Gasteiger partial charge is 0.410 e. The maximum atomic E-state index is 12.6. The number of carboxylic acid groups (broad SMARTS) is 1. The molecule has 1 unspecified atom stereocenters. The van der Waals surface area contributed by atoms with Gasteiger partial charge in [-0.25, -0.2) is 4.79 Å². The van der Waals surface area contributed by atoms with Gasteiger partial charge in [-0.15, -0.1) is 0 Å². The molecule has 0 aromatic heterocycles. The lowest BCUT2D eigenvalue weighted by molar-refractivity contribution is -0.147. The number of rotatable bonds is 6. The minimum absolute atomic E-state index is 0.0511. The van der Waals surface area contributed by atoms with E-state index in [9.17, 15) is 14.4 Å². The number of hydrogen-bond donors (Lipinski definition) is 1. The molecule has 25 heavy (non-hydrogen) atoms. The van der Waals surface area contributed by atoms with Gasteiger partial charge in [-0.3, -0.25) is 14.5 Å². The van der Waals surface area contributed by atoms with E-state index in [4.69, 9.17) is 14.6 Å². The minimum atomic E-state index is -1.16. The first-order valence-electron chi connectivity index (χ1n) is 8.01. The molecule has 1 aliphatic rings. The zero-order valence-electron chi connectivity index (χ0n) is 14.1. The molecule has 2 amide bonds. The average molecular weight is 350 g/mol. The number of morpholine rings is 1. The Morgan fingerprint density at radius 2 is 1.88 bits per heavy atom. The van der Waals surface area contributed by atoms with E-state index in [0.29, 0.717) is 26.3 Å². The SMILES string of the molecule is CN(C(=O)OCc1ccccc1)C(CC(=O)O)C(=O)N1CCOCC1. The van der Waals surface area contributed by atoms with Crippen LogP contribution in [0.2, 0.25) is 0 Å². The maximum Gasteiger partial charge on any atom is 0.410 e. The largest absolute Gasteiger partial charge is 0.481 e. The third-order valence-corrected chi connectivity index (χ3v) is 3.94. The highest BCUT2D eigenvalue weighted by atomic mass is 16.6. The zero-order valence-corrected chi connectivity index (χ0v) is 14.1. The van der Waals surface area contributed by atoms with Crippen LogP contribution in [0.4, 0.5) is 4.79 Å². The van der Waals surface area contributed by atoms with Crippen molar-refractivity contribution in [2.45, 2.75) is 19.1 Å². The van der Waals surface area contributed by atoms with Crippen molar-refractivity contribution in [2.24, 2.45) is 0 Å². The summed E-state index contributed by atoms with van der Waals surface area (Å²) >= 11 is 0. The topological polar surface area (TPSA) is 96.4 Å². The van der Waals surface area contributed by atoms with Gasteiger partial charge >= 0.3 is 12.1 Å². The molecule has 1 N–H and O–H groups in total. The lowest BCUT2D eigenvalue weighted by Gasteiger charge is -2.33. The predicted octanol–water partition coefficient (Wildman–Crippen LogP) is 0.957. The Morgan fingerprint density at radius 3 is 2.48 bits per heavy atom. The van der Waals surface area contributed by atoms with E-state index < -0.39 is 30.4 Å². The minimum Gasteiger partial charge on any atom is -0.481 e. The second-order valence-corrected chi connectivity index (χ2v) is 5.70. The molecule has 1 aromatic carbocycles. The summed E-state index contributed by atoms with van der Waals surface area (Å²) in [6.07, 6.45) is -1.22. The van der Waals surface area contributed by atoms with E-state index in [0.717, 1.165) is 10.5 Å². The number of likely N-dealkylation sites (N-methyl/N-ethyl adjacent to an activating group) is 1. The molecule has 1 fully saturated rings. The summed E-state index contributed by atoms with van der Waals surface area (Å²) in [5.41, 5.74) is 0.804. The molecule has 0 radical (unpaired) electrons. The molecule has 0 aliphatic carbocycles. The van der Waals surface area contributed by atoms with Gasteiger partial charge in [-0.2, -0.15) is 0 Å². The summed E-state index contributed by atoms with van der Waals surface area (Å²) in [5.74, 6) is -1.57. The number of benzene rings is 1. The quantitative estimate of drug-likeness (QED) is 0.821. The third kappa shape index (κ3) is 5.46. The molecular weight excluding hydrogens is 328 g/mol. The fourth-order valence-corrected chi connectivity index (χ4v) is 2.50. The van der Waals surface area contributed by atoms with Crippen molar-refractivity contribution in [3.63, 3.8) is 0 Å². The van der Waals surface area contributed by atoms with Gasteiger partial charge in [0.05, 0.1) is 19.6 Å². The van der Waals surface area contributed by atoms with Gasteiger partial charge in [-0.1, -0.05) is 30.3 Å². The highest BCUT2D eigenvalue weighted by Crippen LogP contribution is 2.12. The van der Waals surface area contributed by atoms with Crippen molar-refractivity contribution in [3.8, 4) is 0 Å². The van der Waals surface area contributed by atoms with Crippen LogP contribution in [0.1, 0.15) is 12.0 Å². The predicted molar refractivity (Wildman–Crippen MR) is 87.8 cm³/mol. The molecule has 0 bridgehead atoms. The van der Waals surface area contributed by atoms with E-state index in [1.807, 2.05) is 18.2 Å². The molecule has 8 heteroatoms.